The van der Waals surface area contributed by atoms with E-state index in [1.165, 1.54) is 13.2 Å². The van der Waals surface area contributed by atoms with Crippen LogP contribution in [0.3, 0.4) is 0 Å². The normalized spacial score (nSPS) is 18.8. The molecular formula is C9H10F2N2O. The molecule has 0 spiro atoms. The van der Waals surface area contributed by atoms with Gasteiger partial charge >= 0.3 is 0 Å². The highest BCUT2D eigenvalue weighted by atomic mass is 19.1. The number of halogens is 2. The van der Waals surface area contributed by atoms with E-state index in [9.17, 15) is 8.78 Å². The number of pyridine rings is 1. The maximum Gasteiger partial charge on any atom is 0.213 e. The lowest BCUT2D eigenvalue weighted by molar-refractivity contribution is 0.0841. The van der Waals surface area contributed by atoms with Crippen molar-refractivity contribution in [2.75, 3.05) is 20.2 Å². The first-order chi connectivity index (χ1) is 6.65. The third-order valence-corrected chi connectivity index (χ3v) is 2.33. The van der Waals surface area contributed by atoms with Crippen LogP contribution in [0.25, 0.3) is 0 Å². The van der Waals surface area contributed by atoms with Crippen LogP contribution in [0.5, 0.6) is 5.88 Å². The van der Waals surface area contributed by atoms with E-state index in [4.69, 9.17) is 4.74 Å². The quantitative estimate of drug-likeness (QED) is 0.773. The molecule has 76 valence electrons. The van der Waals surface area contributed by atoms with Crippen LogP contribution in [-0.4, -0.2) is 25.2 Å². The molecule has 2 rings (SSSR count). The second-order valence-corrected chi connectivity index (χ2v) is 3.28. The van der Waals surface area contributed by atoms with Crippen LogP contribution in [0, 0.1) is 5.82 Å². The molecule has 0 unspecified atom stereocenters. The van der Waals surface area contributed by atoms with E-state index in [0.717, 1.165) is 6.20 Å². The zero-order valence-electron chi connectivity index (χ0n) is 7.68. The average Bonchev–Trinajstić information content (AvgIpc) is 2.15. The fraction of sp³-hybridized carbons (Fsp3) is 0.444. The molecule has 1 aromatic heterocycles. The van der Waals surface area contributed by atoms with Crippen LogP contribution in [0.15, 0.2) is 12.3 Å². The molecule has 1 aliphatic rings. The fourth-order valence-electron chi connectivity index (χ4n) is 1.41. The molecule has 1 N–H and O–H groups in total. The second kappa shape index (κ2) is 3.16. The zero-order chi connectivity index (χ0) is 10.2. The number of alkyl halides is 1. The molecule has 0 amide bonds. The fourth-order valence-corrected chi connectivity index (χ4v) is 1.41. The Labute approximate surface area is 80.1 Å². The summed E-state index contributed by atoms with van der Waals surface area (Å²) in [6.07, 6.45) is 0.980. The van der Waals surface area contributed by atoms with Crippen molar-refractivity contribution in [2.45, 2.75) is 5.67 Å². The van der Waals surface area contributed by atoms with Crippen molar-refractivity contribution in [3.05, 3.63) is 23.6 Å². The van der Waals surface area contributed by atoms with Gasteiger partial charge in [0.1, 0.15) is 5.82 Å². The van der Waals surface area contributed by atoms with Gasteiger partial charge in [-0.3, -0.25) is 0 Å². The van der Waals surface area contributed by atoms with E-state index in [1.54, 1.807) is 0 Å². The van der Waals surface area contributed by atoms with Gasteiger partial charge in [-0.05, 0) is 0 Å². The lowest BCUT2D eigenvalue weighted by Gasteiger charge is -2.35. The van der Waals surface area contributed by atoms with E-state index in [2.05, 4.69) is 10.3 Å². The van der Waals surface area contributed by atoms with Crippen LogP contribution >= 0.6 is 0 Å². The van der Waals surface area contributed by atoms with E-state index in [1.807, 2.05) is 0 Å². The molecule has 1 aromatic rings. The van der Waals surface area contributed by atoms with Crippen molar-refractivity contribution in [1.29, 1.82) is 0 Å². The number of hydrogen-bond donors (Lipinski definition) is 1. The minimum atomic E-state index is -1.61. The molecule has 0 aliphatic carbocycles. The lowest BCUT2D eigenvalue weighted by atomic mass is 9.90. The molecule has 1 fully saturated rings. The number of rotatable bonds is 2. The molecule has 1 saturated heterocycles. The maximum absolute atomic E-state index is 13.8. The molecule has 0 bridgehead atoms. The Balaban J connectivity index is 2.40. The van der Waals surface area contributed by atoms with Crippen molar-refractivity contribution >= 4 is 0 Å². The monoisotopic (exact) mass is 200 g/mol. The molecule has 1 aliphatic heterocycles. The highest BCUT2D eigenvalue weighted by Gasteiger charge is 2.41. The molecule has 3 nitrogen and oxygen atoms in total. The summed E-state index contributed by atoms with van der Waals surface area (Å²) in [6, 6.07) is 1.30. The first-order valence-corrected chi connectivity index (χ1v) is 4.25. The van der Waals surface area contributed by atoms with Crippen LogP contribution in [-0.2, 0) is 5.67 Å². The zero-order valence-corrected chi connectivity index (χ0v) is 7.68. The average molecular weight is 200 g/mol. The standard InChI is InChI=1S/C9H10F2N2O/c1-14-8-2-6(7(10)3-13-8)9(11)4-12-5-9/h2-3,12H,4-5H2,1H3. The summed E-state index contributed by atoms with van der Waals surface area (Å²) in [5.74, 6) is -0.403. The van der Waals surface area contributed by atoms with Gasteiger partial charge in [-0.2, -0.15) is 0 Å². The number of nitrogens with zero attached hydrogens (tertiary/aromatic N) is 1. The topological polar surface area (TPSA) is 34.1 Å². The van der Waals surface area contributed by atoms with Gasteiger partial charge in [0.05, 0.1) is 13.3 Å². The van der Waals surface area contributed by atoms with Crippen LogP contribution in [0.2, 0.25) is 0 Å². The molecule has 0 atom stereocenters. The molecule has 14 heavy (non-hydrogen) atoms. The molecule has 0 radical (unpaired) electrons. The van der Waals surface area contributed by atoms with Crippen LogP contribution in [0.4, 0.5) is 8.78 Å². The van der Waals surface area contributed by atoms with Crippen LogP contribution < -0.4 is 10.1 Å². The summed E-state index contributed by atoms with van der Waals surface area (Å²) in [6.45, 7) is 0.272. The molecule has 0 aromatic carbocycles. The minimum Gasteiger partial charge on any atom is -0.481 e. The Kier molecular flexibility index (Phi) is 2.11. The molecule has 5 heteroatoms. The first-order valence-electron chi connectivity index (χ1n) is 4.25. The summed E-state index contributed by atoms with van der Waals surface area (Å²) in [5, 5.41) is 2.76. The Morgan fingerprint density at radius 3 is 2.79 bits per heavy atom. The van der Waals surface area contributed by atoms with Crippen molar-refractivity contribution in [2.24, 2.45) is 0 Å². The third kappa shape index (κ3) is 1.33. The van der Waals surface area contributed by atoms with Crippen molar-refractivity contribution in [3.8, 4) is 5.88 Å². The first kappa shape index (κ1) is 9.33. The summed E-state index contributed by atoms with van der Waals surface area (Å²) in [4.78, 5) is 3.65. The Bertz CT molecular complexity index is 353. The van der Waals surface area contributed by atoms with Gasteiger partial charge in [-0.1, -0.05) is 0 Å². The predicted octanol–water partition coefficient (Wildman–Crippen LogP) is 0.997. The van der Waals surface area contributed by atoms with Crippen LogP contribution in [0.1, 0.15) is 5.56 Å². The Morgan fingerprint density at radius 2 is 2.29 bits per heavy atom. The number of nitrogens with one attached hydrogen (secondary N) is 1. The summed E-state index contributed by atoms with van der Waals surface area (Å²) >= 11 is 0. The van der Waals surface area contributed by atoms with Gasteiger partial charge in [0.25, 0.3) is 0 Å². The predicted molar refractivity (Wildman–Crippen MR) is 46.4 cm³/mol. The lowest BCUT2D eigenvalue weighted by Crippen LogP contribution is -2.54. The maximum atomic E-state index is 13.8. The SMILES string of the molecule is COc1cc(C2(F)CNC2)c(F)cn1. The second-order valence-electron chi connectivity index (χ2n) is 3.28. The third-order valence-electron chi connectivity index (χ3n) is 2.33. The van der Waals surface area contributed by atoms with Gasteiger partial charge in [-0.25, -0.2) is 13.8 Å². The van der Waals surface area contributed by atoms with Gasteiger partial charge < -0.3 is 10.1 Å². The number of ether oxygens (including phenoxy) is 1. The number of hydrogen-bond acceptors (Lipinski definition) is 3. The minimum absolute atomic E-state index is 0.0168. The van der Waals surface area contributed by atoms with Gasteiger partial charge in [0, 0.05) is 24.7 Å². The molecular weight excluding hydrogens is 190 g/mol. The molecule has 2 heterocycles. The number of methoxy groups -OCH3 is 1. The summed E-state index contributed by atoms with van der Waals surface area (Å²) < 4.78 is 31.9. The van der Waals surface area contributed by atoms with Crippen molar-refractivity contribution < 1.29 is 13.5 Å². The summed E-state index contributed by atoms with van der Waals surface area (Å²) in [7, 11) is 1.41. The van der Waals surface area contributed by atoms with Gasteiger partial charge in [0.15, 0.2) is 5.67 Å². The Morgan fingerprint density at radius 1 is 1.57 bits per heavy atom. The Hall–Kier alpha value is -1.23. The smallest absolute Gasteiger partial charge is 0.213 e. The largest absolute Gasteiger partial charge is 0.481 e. The highest BCUT2D eigenvalue weighted by molar-refractivity contribution is 5.30. The van der Waals surface area contributed by atoms with Crippen molar-refractivity contribution in [1.82, 2.24) is 10.3 Å². The van der Waals surface area contributed by atoms with Gasteiger partial charge in [0.2, 0.25) is 5.88 Å². The van der Waals surface area contributed by atoms with Crippen molar-refractivity contribution in [3.63, 3.8) is 0 Å². The van der Waals surface area contributed by atoms with E-state index in [0.29, 0.717) is 0 Å². The van der Waals surface area contributed by atoms with E-state index >= 15 is 0 Å². The molecule has 0 saturated carbocycles. The highest BCUT2D eigenvalue weighted by Crippen LogP contribution is 2.33. The summed E-state index contributed by atoms with van der Waals surface area (Å²) in [5.41, 5.74) is -1.59. The van der Waals surface area contributed by atoms with Gasteiger partial charge in [-0.15, -0.1) is 0 Å². The number of aromatic nitrogens is 1. The van der Waals surface area contributed by atoms with E-state index in [-0.39, 0.29) is 24.5 Å². The van der Waals surface area contributed by atoms with E-state index < -0.39 is 11.5 Å².